The van der Waals surface area contributed by atoms with Gasteiger partial charge in [-0.25, -0.2) is 0 Å². The van der Waals surface area contributed by atoms with E-state index in [0.29, 0.717) is 6.41 Å². The van der Waals surface area contributed by atoms with Crippen LogP contribution in [0.1, 0.15) is 17.3 Å². The van der Waals surface area contributed by atoms with Crippen LogP contribution >= 0.6 is 27.3 Å². The number of nitrogens with one attached hydrogen (secondary N) is 1. The van der Waals surface area contributed by atoms with Gasteiger partial charge < -0.3 is 10.4 Å². The molecule has 0 bridgehead atoms. The van der Waals surface area contributed by atoms with Gasteiger partial charge in [0.15, 0.2) is 0 Å². The van der Waals surface area contributed by atoms with E-state index in [4.69, 9.17) is 5.11 Å². The van der Waals surface area contributed by atoms with E-state index in [9.17, 15) is 9.59 Å². The van der Waals surface area contributed by atoms with E-state index in [-0.39, 0.29) is 6.42 Å². The number of carboxylic acid groups (broad SMARTS) is 1. The first-order valence-corrected chi connectivity index (χ1v) is 5.46. The second-order valence-corrected chi connectivity index (χ2v) is 4.46. The molecular formula is C8H8BrNO3S. The number of carbonyl (C=O) groups is 2. The van der Waals surface area contributed by atoms with Gasteiger partial charge in [0.05, 0.1) is 12.5 Å². The maximum atomic E-state index is 10.5. The number of thiophene rings is 1. The van der Waals surface area contributed by atoms with Gasteiger partial charge in [-0.15, -0.1) is 11.3 Å². The lowest BCUT2D eigenvalue weighted by Crippen LogP contribution is -2.21. The third kappa shape index (κ3) is 3.12. The molecule has 1 atom stereocenters. The molecule has 1 heterocycles. The Labute approximate surface area is 93.1 Å². The van der Waals surface area contributed by atoms with Crippen molar-refractivity contribution in [3.63, 3.8) is 0 Å². The van der Waals surface area contributed by atoms with Crippen molar-refractivity contribution in [1.82, 2.24) is 5.32 Å². The van der Waals surface area contributed by atoms with Gasteiger partial charge in [0.1, 0.15) is 0 Å². The molecule has 0 aliphatic heterocycles. The second-order valence-electron chi connectivity index (χ2n) is 2.60. The number of halogens is 1. The highest BCUT2D eigenvalue weighted by molar-refractivity contribution is 9.10. The molecule has 2 N–H and O–H groups in total. The van der Waals surface area contributed by atoms with Crippen molar-refractivity contribution in [2.45, 2.75) is 12.5 Å². The van der Waals surface area contributed by atoms with Crippen LogP contribution < -0.4 is 5.32 Å². The van der Waals surface area contributed by atoms with Gasteiger partial charge in [-0.1, -0.05) is 0 Å². The maximum Gasteiger partial charge on any atom is 0.305 e. The molecule has 0 aliphatic carbocycles. The van der Waals surface area contributed by atoms with E-state index >= 15 is 0 Å². The summed E-state index contributed by atoms with van der Waals surface area (Å²) in [6.07, 6.45) is 0.410. The lowest BCUT2D eigenvalue weighted by molar-refractivity contribution is -0.137. The number of hydrogen-bond donors (Lipinski definition) is 2. The fourth-order valence-electron chi connectivity index (χ4n) is 1.01. The van der Waals surface area contributed by atoms with Crippen LogP contribution in [0.4, 0.5) is 0 Å². The zero-order valence-corrected chi connectivity index (χ0v) is 9.47. The first-order chi connectivity index (χ1) is 6.63. The van der Waals surface area contributed by atoms with Crippen LogP contribution in [0, 0.1) is 0 Å². The summed E-state index contributed by atoms with van der Waals surface area (Å²) in [5, 5.41) is 12.9. The van der Waals surface area contributed by atoms with Gasteiger partial charge in [-0.3, -0.25) is 9.59 Å². The minimum atomic E-state index is -0.936. The Kier molecular flexibility index (Phi) is 4.09. The molecule has 1 rings (SSSR count). The molecule has 1 aromatic rings. The Morgan fingerprint density at radius 2 is 2.50 bits per heavy atom. The van der Waals surface area contributed by atoms with E-state index in [1.807, 2.05) is 5.38 Å². The van der Waals surface area contributed by atoms with Crippen molar-refractivity contribution >= 4 is 39.6 Å². The molecule has 0 radical (unpaired) electrons. The number of carboxylic acids is 1. The van der Waals surface area contributed by atoms with Crippen LogP contribution in [0.5, 0.6) is 0 Å². The van der Waals surface area contributed by atoms with Crippen LogP contribution in [0.25, 0.3) is 0 Å². The summed E-state index contributed by atoms with van der Waals surface area (Å²) in [6.45, 7) is 0. The largest absolute Gasteiger partial charge is 0.481 e. The third-order valence-electron chi connectivity index (χ3n) is 1.58. The number of hydrogen-bond acceptors (Lipinski definition) is 3. The minimum Gasteiger partial charge on any atom is -0.481 e. The van der Waals surface area contributed by atoms with Gasteiger partial charge in [0, 0.05) is 14.7 Å². The summed E-state index contributed by atoms with van der Waals surface area (Å²) in [5.74, 6) is -0.936. The first kappa shape index (κ1) is 11.2. The summed E-state index contributed by atoms with van der Waals surface area (Å²) in [7, 11) is 0. The quantitative estimate of drug-likeness (QED) is 0.807. The van der Waals surface area contributed by atoms with Gasteiger partial charge in [-0.2, -0.15) is 0 Å². The van der Waals surface area contributed by atoms with Gasteiger partial charge in [-0.05, 0) is 22.0 Å². The molecule has 1 amide bonds. The number of amides is 1. The lowest BCUT2D eigenvalue weighted by atomic mass is 10.2. The highest BCUT2D eigenvalue weighted by atomic mass is 79.9. The molecule has 0 aliphatic rings. The molecule has 0 saturated carbocycles. The Morgan fingerprint density at radius 3 is 2.93 bits per heavy atom. The molecule has 0 fully saturated rings. The zero-order chi connectivity index (χ0) is 10.6. The SMILES string of the molecule is O=CN[C@H](CC(=O)O)c1cc(Br)cs1. The van der Waals surface area contributed by atoms with E-state index in [0.717, 1.165) is 9.35 Å². The molecule has 6 heteroatoms. The molecule has 0 unspecified atom stereocenters. The molecule has 0 aromatic carbocycles. The van der Waals surface area contributed by atoms with E-state index in [1.165, 1.54) is 11.3 Å². The molecule has 76 valence electrons. The van der Waals surface area contributed by atoms with Crippen molar-refractivity contribution in [3.05, 3.63) is 20.8 Å². The van der Waals surface area contributed by atoms with Crippen molar-refractivity contribution in [3.8, 4) is 0 Å². The fraction of sp³-hybridized carbons (Fsp3) is 0.250. The first-order valence-electron chi connectivity index (χ1n) is 3.79. The van der Waals surface area contributed by atoms with Crippen LogP contribution in [-0.4, -0.2) is 17.5 Å². The maximum absolute atomic E-state index is 10.5. The number of aliphatic carboxylic acids is 1. The van der Waals surface area contributed by atoms with Crippen molar-refractivity contribution in [2.75, 3.05) is 0 Å². The fourth-order valence-corrected chi connectivity index (χ4v) is 2.52. The van der Waals surface area contributed by atoms with E-state index in [1.54, 1.807) is 6.07 Å². The summed E-state index contributed by atoms with van der Waals surface area (Å²) in [5.41, 5.74) is 0. The average molecular weight is 278 g/mol. The predicted octanol–water partition coefficient (Wildman–Crippen LogP) is 1.77. The Bertz CT molecular complexity index is 339. The van der Waals surface area contributed by atoms with Crippen LogP contribution in [0.3, 0.4) is 0 Å². The van der Waals surface area contributed by atoms with Gasteiger partial charge >= 0.3 is 5.97 Å². The summed E-state index contributed by atoms with van der Waals surface area (Å²) in [6, 6.07) is 1.36. The van der Waals surface area contributed by atoms with Crippen molar-refractivity contribution in [2.24, 2.45) is 0 Å². The topological polar surface area (TPSA) is 66.4 Å². The van der Waals surface area contributed by atoms with Crippen LogP contribution in [-0.2, 0) is 9.59 Å². The molecule has 14 heavy (non-hydrogen) atoms. The summed E-state index contributed by atoms with van der Waals surface area (Å²) in [4.78, 5) is 21.6. The Hall–Kier alpha value is -0.880. The normalized spacial score (nSPS) is 12.1. The van der Waals surface area contributed by atoms with Crippen LogP contribution in [0.2, 0.25) is 0 Å². The molecular weight excluding hydrogens is 270 g/mol. The standard InChI is InChI=1S/C8H8BrNO3S/c9-5-1-7(14-3-5)6(10-4-11)2-8(12)13/h1,3-4,6H,2H2,(H,10,11)(H,12,13)/t6-/m1/s1. The van der Waals surface area contributed by atoms with Crippen LogP contribution in [0.15, 0.2) is 15.9 Å². The van der Waals surface area contributed by atoms with Crippen molar-refractivity contribution < 1.29 is 14.7 Å². The summed E-state index contributed by atoms with van der Waals surface area (Å²) < 4.78 is 0.889. The molecule has 4 nitrogen and oxygen atoms in total. The predicted molar refractivity (Wildman–Crippen MR) is 56.2 cm³/mol. The van der Waals surface area contributed by atoms with Crippen molar-refractivity contribution in [1.29, 1.82) is 0 Å². The highest BCUT2D eigenvalue weighted by Crippen LogP contribution is 2.27. The number of carbonyl (C=O) groups excluding carboxylic acids is 1. The Morgan fingerprint density at radius 1 is 1.79 bits per heavy atom. The van der Waals surface area contributed by atoms with Gasteiger partial charge in [0.2, 0.25) is 6.41 Å². The highest BCUT2D eigenvalue weighted by Gasteiger charge is 2.16. The number of rotatable bonds is 5. The second kappa shape index (κ2) is 5.11. The molecule has 0 saturated heterocycles. The third-order valence-corrected chi connectivity index (χ3v) is 3.39. The monoisotopic (exact) mass is 277 g/mol. The lowest BCUT2D eigenvalue weighted by Gasteiger charge is -2.10. The van der Waals surface area contributed by atoms with E-state index in [2.05, 4.69) is 21.2 Å². The Balaban J connectivity index is 2.76. The summed E-state index contributed by atoms with van der Waals surface area (Å²) >= 11 is 4.67. The van der Waals surface area contributed by atoms with Gasteiger partial charge in [0.25, 0.3) is 0 Å². The zero-order valence-electron chi connectivity index (χ0n) is 7.07. The smallest absolute Gasteiger partial charge is 0.305 e. The average Bonchev–Trinajstić information content (AvgIpc) is 2.50. The van der Waals surface area contributed by atoms with E-state index < -0.39 is 12.0 Å². The molecule has 0 spiro atoms. The minimum absolute atomic E-state index is 0.105. The molecule has 1 aromatic heterocycles.